The van der Waals surface area contributed by atoms with Crippen LogP contribution in [0.5, 0.6) is 0 Å². The highest BCUT2D eigenvalue weighted by molar-refractivity contribution is 7.11. The maximum Gasteiger partial charge on any atom is 0.311 e. The smallest absolute Gasteiger partial charge is 0.311 e. The maximum absolute atomic E-state index is 11.1. The van der Waals surface area contributed by atoms with Crippen LogP contribution in [0.3, 0.4) is 0 Å². The molecular formula is C13H17N5O2S. The fourth-order valence-electron chi connectivity index (χ4n) is 1.72. The second kappa shape index (κ2) is 6.98. The van der Waals surface area contributed by atoms with E-state index in [9.17, 15) is 10.1 Å². The molecule has 0 aromatic carbocycles. The van der Waals surface area contributed by atoms with Gasteiger partial charge in [-0.3, -0.25) is 10.1 Å². The zero-order chi connectivity index (χ0) is 15.2. The molecule has 0 unspecified atom stereocenters. The first-order valence-corrected chi connectivity index (χ1v) is 7.46. The molecule has 0 saturated carbocycles. The Balaban J connectivity index is 2.15. The molecule has 0 aliphatic carbocycles. The molecule has 8 heteroatoms. The SMILES string of the molecule is CCCNc1ccc([N+](=O)[O-])c(NCc2ncc(C)s2)n1. The Morgan fingerprint density at radius 2 is 2.19 bits per heavy atom. The number of hydrogen-bond acceptors (Lipinski definition) is 7. The Morgan fingerprint density at radius 3 is 2.81 bits per heavy atom. The van der Waals surface area contributed by atoms with Gasteiger partial charge in [0, 0.05) is 23.7 Å². The molecule has 0 bridgehead atoms. The number of rotatable bonds is 7. The van der Waals surface area contributed by atoms with Gasteiger partial charge < -0.3 is 10.6 Å². The van der Waals surface area contributed by atoms with Crippen LogP contribution in [0, 0.1) is 17.0 Å². The first-order chi connectivity index (χ1) is 10.1. The van der Waals surface area contributed by atoms with Crippen molar-refractivity contribution in [3.63, 3.8) is 0 Å². The minimum atomic E-state index is -0.438. The lowest BCUT2D eigenvalue weighted by molar-refractivity contribution is -0.384. The molecule has 0 saturated heterocycles. The van der Waals surface area contributed by atoms with Gasteiger partial charge in [0.05, 0.1) is 11.5 Å². The molecule has 0 fully saturated rings. The Labute approximate surface area is 126 Å². The van der Waals surface area contributed by atoms with Gasteiger partial charge in [-0.15, -0.1) is 11.3 Å². The molecule has 0 atom stereocenters. The molecule has 21 heavy (non-hydrogen) atoms. The normalized spacial score (nSPS) is 10.4. The fourth-order valence-corrected chi connectivity index (χ4v) is 2.45. The standard InChI is InChI=1S/C13H17N5O2S/c1-3-6-14-11-5-4-10(18(19)20)13(17-11)16-8-12-15-7-9(2)21-12/h4-5,7H,3,6,8H2,1-2H3,(H2,14,16,17). The van der Waals surface area contributed by atoms with Crippen LogP contribution in [-0.2, 0) is 6.54 Å². The molecule has 0 radical (unpaired) electrons. The van der Waals surface area contributed by atoms with Crippen molar-refractivity contribution >= 4 is 28.7 Å². The third-order valence-corrected chi connectivity index (χ3v) is 3.62. The van der Waals surface area contributed by atoms with E-state index in [-0.39, 0.29) is 11.5 Å². The Morgan fingerprint density at radius 1 is 1.38 bits per heavy atom. The van der Waals surface area contributed by atoms with E-state index >= 15 is 0 Å². The molecule has 7 nitrogen and oxygen atoms in total. The van der Waals surface area contributed by atoms with Crippen LogP contribution in [0.4, 0.5) is 17.3 Å². The van der Waals surface area contributed by atoms with Gasteiger partial charge in [0.1, 0.15) is 10.8 Å². The molecule has 2 aromatic heterocycles. The van der Waals surface area contributed by atoms with Crippen molar-refractivity contribution in [3.05, 3.63) is 38.3 Å². The van der Waals surface area contributed by atoms with Gasteiger partial charge >= 0.3 is 5.69 Å². The van der Waals surface area contributed by atoms with Crippen LogP contribution in [-0.4, -0.2) is 21.4 Å². The van der Waals surface area contributed by atoms with E-state index < -0.39 is 4.92 Å². The largest absolute Gasteiger partial charge is 0.370 e. The zero-order valence-corrected chi connectivity index (χ0v) is 12.7. The number of pyridine rings is 1. The molecular weight excluding hydrogens is 290 g/mol. The molecule has 0 amide bonds. The Hall–Kier alpha value is -2.22. The quantitative estimate of drug-likeness (QED) is 0.603. The summed E-state index contributed by atoms with van der Waals surface area (Å²) >= 11 is 1.55. The van der Waals surface area contributed by atoms with E-state index in [1.807, 2.05) is 13.8 Å². The molecule has 0 spiro atoms. The monoisotopic (exact) mass is 307 g/mol. The summed E-state index contributed by atoms with van der Waals surface area (Å²) in [6.45, 7) is 5.21. The highest BCUT2D eigenvalue weighted by Crippen LogP contribution is 2.25. The summed E-state index contributed by atoms with van der Waals surface area (Å²) in [7, 11) is 0. The maximum atomic E-state index is 11.1. The predicted octanol–water partition coefficient (Wildman–Crippen LogP) is 3.19. The van der Waals surface area contributed by atoms with Gasteiger partial charge in [-0.1, -0.05) is 6.92 Å². The number of hydrogen-bond donors (Lipinski definition) is 2. The van der Waals surface area contributed by atoms with E-state index in [1.54, 1.807) is 23.6 Å². The van der Waals surface area contributed by atoms with Crippen molar-refractivity contribution < 1.29 is 4.92 Å². The van der Waals surface area contributed by atoms with Crippen molar-refractivity contribution in [2.75, 3.05) is 17.2 Å². The van der Waals surface area contributed by atoms with Gasteiger partial charge in [0.2, 0.25) is 5.82 Å². The van der Waals surface area contributed by atoms with Crippen molar-refractivity contribution in [1.82, 2.24) is 9.97 Å². The average Bonchev–Trinajstić information content (AvgIpc) is 2.88. The molecule has 0 aliphatic rings. The van der Waals surface area contributed by atoms with Crippen LogP contribution in [0.2, 0.25) is 0 Å². The summed E-state index contributed by atoms with van der Waals surface area (Å²) < 4.78 is 0. The number of aryl methyl sites for hydroxylation is 1. The van der Waals surface area contributed by atoms with Crippen LogP contribution in [0.15, 0.2) is 18.3 Å². The summed E-state index contributed by atoms with van der Waals surface area (Å²) in [4.78, 5) is 20.2. The topological polar surface area (TPSA) is 93.0 Å². The number of nitro groups is 1. The van der Waals surface area contributed by atoms with E-state index in [1.165, 1.54) is 6.07 Å². The van der Waals surface area contributed by atoms with Crippen LogP contribution < -0.4 is 10.6 Å². The predicted molar refractivity (Wildman–Crippen MR) is 83.8 cm³/mol. The third kappa shape index (κ3) is 4.12. The minimum Gasteiger partial charge on any atom is -0.370 e. The van der Waals surface area contributed by atoms with Crippen LogP contribution >= 0.6 is 11.3 Å². The molecule has 2 aromatic rings. The lowest BCUT2D eigenvalue weighted by Crippen LogP contribution is -2.08. The number of aromatic nitrogens is 2. The first kappa shape index (κ1) is 15.2. The van der Waals surface area contributed by atoms with Gasteiger partial charge in [-0.05, 0) is 19.4 Å². The number of thiazole rings is 1. The second-order valence-electron chi connectivity index (χ2n) is 4.47. The minimum absolute atomic E-state index is 0.0367. The third-order valence-electron chi connectivity index (χ3n) is 2.70. The Kier molecular flexibility index (Phi) is 5.04. The molecule has 0 aliphatic heterocycles. The zero-order valence-electron chi connectivity index (χ0n) is 11.9. The van der Waals surface area contributed by atoms with Crippen molar-refractivity contribution in [2.24, 2.45) is 0 Å². The van der Waals surface area contributed by atoms with E-state index in [0.29, 0.717) is 12.4 Å². The molecule has 2 rings (SSSR count). The van der Waals surface area contributed by atoms with Crippen LogP contribution in [0.1, 0.15) is 23.2 Å². The highest BCUT2D eigenvalue weighted by atomic mass is 32.1. The summed E-state index contributed by atoms with van der Waals surface area (Å²) in [6, 6.07) is 3.08. The van der Waals surface area contributed by atoms with Crippen molar-refractivity contribution in [1.29, 1.82) is 0 Å². The van der Waals surface area contributed by atoms with E-state index in [0.717, 1.165) is 22.9 Å². The van der Waals surface area contributed by atoms with Gasteiger partial charge in [0.25, 0.3) is 0 Å². The van der Waals surface area contributed by atoms with E-state index in [2.05, 4.69) is 20.6 Å². The van der Waals surface area contributed by atoms with Gasteiger partial charge in [0.15, 0.2) is 0 Å². The molecule has 112 valence electrons. The van der Waals surface area contributed by atoms with E-state index in [4.69, 9.17) is 0 Å². The lowest BCUT2D eigenvalue weighted by atomic mass is 10.3. The molecule has 2 heterocycles. The number of nitrogens with one attached hydrogen (secondary N) is 2. The first-order valence-electron chi connectivity index (χ1n) is 6.64. The van der Waals surface area contributed by atoms with Gasteiger partial charge in [-0.2, -0.15) is 0 Å². The fraction of sp³-hybridized carbons (Fsp3) is 0.385. The molecule has 2 N–H and O–H groups in total. The number of nitrogens with zero attached hydrogens (tertiary/aromatic N) is 3. The lowest BCUT2D eigenvalue weighted by Gasteiger charge is -2.08. The summed E-state index contributed by atoms with van der Waals surface area (Å²) in [5, 5.41) is 18.0. The number of anilines is 2. The summed E-state index contributed by atoms with van der Waals surface area (Å²) in [5.41, 5.74) is -0.0367. The van der Waals surface area contributed by atoms with Gasteiger partial charge in [-0.25, -0.2) is 9.97 Å². The van der Waals surface area contributed by atoms with Crippen molar-refractivity contribution in [2.45, 2.75) is 26.8 Å². The summed E-state index contributed by atoms with van der Waals surface area (Å²) in [6.07, 6.45) is 2.74. The highest BCUT2D eigenvalue weighted by Gasteiger charge is 2.16. The average molecular weight is 307 g/mol. The summed E-state index contributed by atoms with van der Waals surface area (Å²) in [5.74, 6) is 0.884. The van der Waals surface area contributed by atoms with Crippen LogP contribution in [0.25, 0.3) is 0 Å². The Bertz CT molecular complexity index is 629. The van der Waals surface area contributed by atoms with Crippen molar-refractivity contribution in [3.8, 4) is 0 Å². The second-order valence-corrected chi connectivity index (χ2v) is 5.79.